The molecule has 2 saturated heterocycles. The second-order valence-electron chi connectivity index (χ2n) is 9.03. The molecule has 2 amide bonds. The lowest BCUT2D eigenvalue weighted by Crippen LogP contribution is -2.43. The number of hydrogen-bond donors (Lipinski definition) is 3. The Hall–Kier alpha value is -4.06. The van der Waals surface area contributed by atoms with Crippen molar-refractivity contribution in [1.82, 2.24) is 35.6 Å². The molecule has 0 radical (unpaired) electrons. The van der Waals surface area contributed by atoms with E-state index >= 15 is 0 Å². The van der Waals surface area contributed by atoms with Crippen molar-refractivity contribution in [2.75, 3.05) is 44.0 Å². The molecule has 2 fully saturated rings. The van der Waals surface area contributed by atoms with E-state index in [4.69, 9.17) is 4.74 Å². The lowest BCUT2D eigenvalue weighted by Gasteiger charge is -2.31. The lowest BCUT2D eigenvalue weighted by atomic mass is 9.78. The van der Waals surface area contributed by atoms with Crippen molar-refractivity contribution >= 4 is 29.0 Å². The second kappa shape index (κ2) is 9.53. The molecule has 0 saturated carbocycles. The minimum Gasteiger partial charge on any atom is -0.494 e. The number of piperidine rings is 1. The molecule has 0 unspecified atom stereocenters. The van der Waals surface area contributed by atoms with Gasteiger partial charge in [-0.2, -0.15) is 5.10 Å². The second-order valence-corrected chi connectivity index (χ2v) is 9.03. The maximum atomic E-state index is 13.4. The third-order valence-electron chi connectivity index (χ3n) is 6.90. The van der Waals surface area contributed by atoms with E-state index in [1.807, 2.05) is 18.2 Å². The highest BCUT2D eigenvalue weighted by Crippen LogP contribution is 2.42. The summed E-state index contributed by atoms with van der Waals surface area (Å²) in [5, 5.41) is 22.0. The zero-order chi connectivity index (χ0) is 25.3. The number of para-hydroxylation sites is 1. The summed E-state index contributed by atoms with van der Waals surface area (Å²) in [4.78, 5) is 32.1. The van der Waals surface area contributed by atoms with E-state index in [2.05, 4.69) is 36.2 Å². The van der Waals surface area contributed by atoms with Crippen LogP contribution >= 0.6 is 0 Å². The average Bonchev–Trinajstić information content (AvgIpc) is 3.47. The summed E-state index contributed by atoms with van der Waals surface area (Å²) in [6.45, 7) is 2.22. The molecular formula is C24H29N9O3. The predicted molar refractivity (Wildman–Crippen MR) is 133 cm³/mol. The van der Waals surface area contributed by atoms with E-state index < -0.39 is 5.91 Å². The molecule has 36 heavy (non-hydrogen) atoms. The molecule has 1 spiro atoms. The number of amides is 2. The van der Waals surface area contributed by atoms with E-state index in [9.17, 15) is 9.59 Å². The Balaban J connectivity index is 1.52. The monoisotopic (exact) mass is 491 g/mol. The summed E-state index contributed by atoms with van der Waals surface area (Å²) >= 11 is 0. The highest BCUT2D eigenvalue weighted by Gasteiger charge is 2.47. The van der Waals surface area contributed by atoms with Crippen LogP contribution in [0.4, 0.5) is 17.2 Å². The first-order chi connectivity index (χ1) is 17.5. The number of nitrogens with zero attached hydrogens (tertiary/aromatic N) is 6. The van der Waals surface area contributed by atoms with Crippen LogP contribution in [0.15, 0.2) is 30.6 Å². The molecule has 3 aromatic rings. The first-order valence-corrected chi connectivity index (χ1v) is 11.9. The maximum absolute atomic E-state index is 13.4. The Kier molecular flexibility index (Phi) is 6.27. The Morgan fingerprint density at radius 3 is 2.67 bits per heavy atom. The zero-order valence-electron chi connectivity index (χ0n) is 20.5. The number of carbonyl (C=O) groups excluding carboxylic acids is 2. The van der Waals surface area contributed by atoms with Crippen LogP contribution < -0.4 is 25.6 Å². The maximum Gasteiger partial charge on any atom is 0.273 e. The predicted octanol–water partition coefficient (Wildman–Crippen LogP) is 1.49. The molecule has 0 atom stereocenters. The molecule has 1 aromatic carbocycles. The van der Waals surface area contributed by atoms with Crippen molar-refractivity contribution in [2.24, 2.45) is 12.5 Å². The number of ether oxygens (including phenoxy) is 1. The third-order valence-corrected chi connectivity index (χ3v) is 6.90. The Morgan fingerprint density at radius 1 is 1.17 bits per heavy atom. The number of methoxy groups -OCH3 is 1. The van der Waals surface area contributed by atoms with Crippen molar-refractivity contribution in [1.29, 1.82) is 0 Å². The minimum absolute atomic E-state index is 0.0674. The molecule has 4 heterocycles. The van der Waals surface area contributed by atoms with E-state index in [1.165, 1.54) is 7.05 Å². The van der Waals surface area contributed by atoms with Gasteiger partial charge in [0.2, 0.25) is 5.91 Å². The van der Waals surface area contributed by atoms with Crippen LogP contribution in [0.5, 0.6) is 5.75 Å². The first-order valence-electron chi connectivity index (χ1n) is 11.9. The first kappa shape index (κ1) is 23.7. The zero-order valence-corrected chi connectivity index (χ0v) is 20.5. The lowest BCUT2D eigenvalue weighted by molar-refractivity contribution is -0.126. The number of benzene rings is 1. The van der Waals surface area contributed by atoms with Gasteiger partial charge in [0, 0.05) is 26.7 Å². The van der Waals surface area contributed by atoms with Gasteiger partial charge in [-0.15, -0.1) is 10.2 Å². The standard InChI is InChI=1S/C24H29N9O3/c1-25-22(34)19-17(28-16-6-4-5-15(20(16)36-3)21-27-14-32(2)31-21)13-18(29-30-19)33-12-9-24(23(33)35)7-10-26-11-8-24/h4-6,13-14,26H,7-12H2,1-3H3,(H,25,34)(H,28,29). The minimum atomic E-state index is -0.402. The van der Waals surface area contributed by atoms with Crippen molar-refractivity contribution < 1.29 is 14.3 Å². The van der Waals surface area contributed by atoms with Crippen LogP contribution in [0.2, 0.25) is 0 Å². The fraction of sp³-hybridized carbons (Fsp3) is 0.417. The van der Waals surface area contributed by atoms with E-state index in [-0.39, 0.29) is 17.0 Å². The van der Waals surface area contributed by atoms with E-state index in [0.717, 1.165) is 32.4 Å². The van der Waals surface area contributed by atoms with Crippen molar-refractivity contribution in [3.8, 4) is 17.1 Å². The Morgan fingerprint density at radius 2 is 1.97 bits per heavy atom. The van der Waals surface area contributed by atoms with Crippen LogP contribution in [0.3, 0.4) is 0 Å². The number of hydrogen-bond acceptors (Lipinski definition) is 9. The fourth-order valence-corrected chi connectivity index (χ4v) is 4.94. The average molecular weight is 492 g/mol. The van der Waals surface area contributed by atoms with Crippen LogP contribution in [-0.2, 0) is 11.8 Å². The van der Waals surface area contributed by atoms with Gasteiger partial charge in [0.15, 0.2) is 23.1 Å². The highest BCUT2D eigenvalue weighted by molar-refractivity contribution is 6.02. The number of anilines is 3. The summed E-state index contributed by atoms with van der Waals surface area (Å²) in [5.74, 6) is 1.09. The van der Waals surface area contributed by atoms with Gasteiger partial charge in [-0.3, -0.25) is 19.2 Å². The van der Waals surface area contributed by atoms with Gasteiger partial charge in [-0.05, 0) is 44.5 Å². The summed E-state index contributed by atoms with van der Waals surface area (Å²) in [6, 6.07) is 7.22. The van der Waals surface area contributed by atoms with Crippen molar-refractivity contribution in [3.05, 3.63) is 36.3 Å². The molecule has 0 aliphatic carbocycles. The molecule has 12 heteroatoms. The van der Waals surface area contributed by atoms with Crippen LogP contribution in [0.1, 0.15) is 29.8 Å². The molecule has 12 nitrogen and oxygen atoms in total. The summed E-state index contributed by atoms with van der Waals surface area (Å²) in [5.41, 5.74) is 1.44. The van der Waals surface area contributed by atoms with Crippen molar-refractivity contribution in [2.45, 2.75) is 19.3 Å². The normalized spacial score (nSPS) is 16.9. The van der Waals surface area contributed by atoms with E-state index in [1.54, 1.807) is 36.1 Å². The van der Waals surface area contributed by atoms with Crippen LogP contribution in [-0.4, -0.2) is 70.6 Å². The smallest absolute Gasteiger partial charge is 0.273 e. The number of aromatic nitrogens is 5. The van der Waals surface area contributed by atoms with Crippen LogP contribution in [0, 0.1) is 5.41 Å². The highest BCUT2D eigenvalue weighted by atomic mass is 16.5. The van der Waals surface area contributed by atoms with Gasteiger partial charge < -0.3 is 20.7 Å². The molecule has 2 aromatic heterocycles. The molecule has 2 aliphatic rings. The Labute approximate surface area is 208 Å². The SMILES string of the molecule is CNC(=O)c1nnc(N2CCC3(CCNCC3)C2=O)cc1Nc1cccc(-c2ncn(C)n2)c1OC. The third kappa shape index (κ3) is 4.13. The fourth-order valence-electron chi connectivity index (χ4n) is 4.94. The van der Waals surface area contributed by atoms with Gasteiger partial charge in [0.25, 0.3) is 5.91 Å². The molecular weight excluding hydrogens is 462 g/mol. The molecule has 0 bridgehead atoms. The molecule has 3 N–H and O–H groups in total. The van der Waals surface area contributed by atoms with Gasteiger partial charge in [0.1, 0.15) is 6.33 Å². The Bertz CT molecular complexity index is 1300. The van der Waals surface area contributed by atoms with E-state index in [0.29, 0.717) is 40.9 Å². The van der Waals surface area contributed by atoms with Gasteiger partial charge in [0.05, 0.1) is 29.5 Å². The molecule has 2 aliphatic heterocycles. The topological polar surface area (TPSA) is 139 Å². The number of carbonyl (C=O) groups is 2. The summed E-state index contributed by atoms with van der Waals surface area (Å²) < 4.78 is 7.31. The van der Waals surface area contributed by atoms with Gasteiger partial charge in [-0.25, -0.2) is 4.98 Å². The van der Waals surface area contributed by atoms with Crippen molar-refractivity contribution in [3.63, 3.8) is 0 Å². The quantitative estimate of drug-likeness (QED) is 0.468. The van der Waals surface area contributed by atoms with Crippen LogP contribution in [0.25, 0.3) is 11.4 Å². The number of rotatable bonds is 6. The van der Waals surface area contributed by atoms with Gasteiger partial charge >= 0.3 is 0 Å². The molecule has 5 rings (SSSR count). The summed E-state index contributed by atoms with van der Waals surface area (Å²) in [6.07, 6.45) is 4.01. The molecule has 188 valence electrons. The largest absolute Gasteiger partial charge is 0.494 e. The van der Waals surface area contributed by atoms with Gasteiger partial charge in [-0.1, -0.05) is 6.07 Å². The number of nitrogens with one attached hydrogen (secondary N) is 3. The summed E-state index contributed by atoms with van der Waals surface area (Å²) in [7, 11) is 4.88. The number of aryl methyl sites for hydroxylation is 1.